The molecule has 2 aliphatic rings. The molecule has 3 nitrogen and oxygen atoms in total. The van der Waals surface area contributed by atoms with Gasteiger partial charge in [0.25, 0.3) is 0 Å². The van der Waals surface area contributed by atoms with Gasteiger partial charge in [-0.25, -0.2) is 0 Å². The zero-order valence-electron chi connectivity index (χ0n) is 11.3. The molecule has 2 heterocycles. The van der Waals surface area contributed by atoms with E-state index in [1.807, 2.05) is 39.5 Å². The monoisotopic (exact) mass is 257 g/mol. The Morgan fingerprint density at radius 3 is 2.35 bits per heavy atom. The van der Waals surface area contributed by atoms with Crippen LogP contribution in [0.4, 0.5) is 0 Å². The maximum absolute atomic E-state index is 12.4. The number of hydrogen-bond acceptors (Lipinski definition) is 4. The third-order valence-electron chi connectivity index (χ3n) is 3.81. The first-order chi connectivity index (χ1) is 7.83. The molecule has 2 rings (SSSR count). The molecule has 0 aliphatic carbocycles. The molecule has 0 bridgehead atoms. The first-order valence-electron chi connectivity index (χ1n) is 6.37. The van der Waals surface area contributed by atoms with E-state index in [9.17, 15) is 4.79 Å². The summed E-state index contributed by atoms with van der Waals surface area (Å²) in [6.07, 6.45) is 0. The fraction of sp³-hybridized carbons (Fsp3) is 0.923. The standard InChI is InChI=1S/C13H23NO2S/c1-12(2)10(11(15)13(3,4)16-12)9-14-5-7-17-8-6-14/h10H,5-9H2,1-4H3. The Morgan fingerprint density at radius 2 is 1.88 bits per heavy atom. The maximum atomic E-state index is 12.4. The predicted molar refractivity (Wildman–Crippen MR) is 71.5 cm³/mol. The Kier molecular flexibility index (Phi) is 3.59. The first-order valence-corrected chi connectivity index (χ1v) is 7.53. The van der Waals surface area contributed by atoms with Crippen LogP contribution in [0.15, 0.2) is 0 Å². The van der Waals surface area contributed by atoms with Crippen LogP contribution in [0.2, 0.25) is 0 Å². The second kappa shape index (κ2) is 4.56. The molecule has 1 unspecified atom stereocenters. The van der Waals surface area contributed by atoms with Crippen molar-refractivity contribution < 1.29 is 9.53 Å². The molecule has 17 heavy (non-hydrogen) atoms. The van der Waals surface area contributed by atoms with Crippen molar-refractivity contribution in [3.63, 3.8) is 0 Å². The van der Waals surface area contributed by atoms with Crippen molar-refractivity contribution in [2.75, 3.05) is 31.1 Å². The number of rotatable bonds is 2. The molecule has 1 atom stereocenters. The highest BCUT2D eigenvalue weighted by molar-refractivity contribution is 7.99. The zero-order valence-corrected chi connectivity index (χ0v) is 12.1. The van der Waals surface area contributed by atoms with E-state index in [1.165, 1.54) is 11.5 Å². The fourth-order valence-electron chi connectivity index (χ4n) is 2.86. The van der Waals surface area contributed by atoms with Crippen LogP contribution >= 0.6 is 11.8 Å². The molecule has 0 saturated carbocycles. The summed E-state index contributed by atoms with van der Waals surface area (Å²) >= 11 is 2.00. The average Bonchev–Trinajstić information content (AvgIpc) is 2.38. The highest BCUT2D eigenvalue weighted by Crippen LogP contribution is 2.39. The minimum Gasteiger partial charge on any atom is -0.361 e. The minimum atomic E-state index is -0.612. The quantitative estimate of drug-likeness (QED) is 0.754. The van der Waals surface area contributed by atoms with Gasteiger partial charge in [-0.1, -0.05) is 0 Å². The van der Waals surface area contributed by atoms with Gasteiger partial charge in [0.1, 0.15) is 5.60 Å². The van der Waals surface area contributed by atoms with Crippen LogP contribution < -0.4 is 0 Å². The summed E-state index contributed by atoms with van der Waals surface area (Å²) in [4.78, 5) is 14.8. The van der Waals surface area contributed by atoms with Crippen LogP contribution in [0.5, 0.6) is 0 Å². The molecule has 0 radical (unpaired) electrons. The van der Waals surface area contributed by atoms with Crippen LogP contribution in [0.3, 0.4) is 0 Å². The normalized spacial score (nSPS) is 32.9. The Bertz CT molecular complexity index is 309. The van der Waals surface area contributed by atoms with Gasteiger partial charge in [0.05, 0.1) is 11.5 Å². The second-order valence-electron chi connectivity index (χ2n) is 6.05. The van der Waals surface area contributed by atoms with Gasteiger partial charge in [-0.2, -0.15) is 11.8 Å². The molecule has 0 spiro atoms. The fourth-order valence-corrected chi connectivity index (χ4v) is 3.84. The van der Waals surface area contributed by atoms with Gasteiger partial charge in [-0.05, 0) is 27.7 Å². The van der Waals surface area contributed by atoms with Crippen LogP contribution in [0, 0.1) is 5.92 Å². The second-order valence-corrected chi connectivity index (χ2v) is 7.27. The summed E-state index contributed by atoms with van der Waals surface area (Å²) in [5, 5.41) is 0. The maximum Gasteiger partial charge on any atom is 0.171 e. The molecule has 0 aromatic rings. The summed E-state index contributed by atoms with van der Waals surface area (Å²) in [6, 6.07) is 0. The molecule has 98 valence electrons. The number of ether oxygens (including phenoxy) is 1. The van der Waals surface area contributed by atoms with E-state index in [-0.39, 0.29) is 17.3 Å². The van der Waals surface area contributed by atoms with E-state index in [2.05, 4.69) is 4.90 Å². The highest BCUT2D eigenvalue weighted by atomic mass is 32.2. The lowest BCUT2D eigenvalue weighted by molar-refractivity contribution is -0.132. The summed E-state index contributed by atoms with van der Waals surface area (Å²) in [5.41, 5.74) is -0.941. The summed E-state index contributed by atoms with van der Waals surface area (Å²) in [6.45, 7) is 10.9. The molecule has 0 aromatic heterocycles. The van der Waals surface area contributed by atoms with Crippen LogP contribution in [-0.4, -0.2) is 53.0 Å². The van der Waals surface area contributed by atoms with Crippen molar-refractivity contribution in [3.8, 4) is 0 Å². The molecule has 0 aromatic carbocycles. The average molecular weight is 257 g/mol. The molecule has 0 amide bonds. The van der Waals surface area contributed by atoms with Crippen LogP contribution in [0.25, 0.3) is 0 Å². The molecule has 2 fully saturated rings. The Morgan fingerprint density at radius 1 is 1.29 bits per heavy atom. The van der Waals surface area contributed by atoms with Gasteiger partial charge in [0.2, 0.25) is 0 Å². The van der Waals surface area contributed by atoms with E-state index < -0.39 is 5.60 Å². The molecule has 4 heteroatoms. The highest BCUT2D eigenvalue weighted by Gasteiger charge is 2.53. The van der Waals surface area contributed by atoms with Crippen molar-refractivity contribution in [2.45, 2.75) is 38.9 Å². The van der Waals surface area contributed by atoms with Crippen molar-refractivity contribution in [2.24, 2.45) is 5.92 Å². The lowest BCUT2D eigenvalue weighted by atomic mass is 9.85. The number of Topliss-reactive ketones (excluding diaryl/α,β-unsaturated/α-hetero) is 1. The van der Waals surface area contributed by atoms with E-state index in [4.69, 9.17) is 4.74 Å². The van der Waals surface area contributed by atoms with Crippen molar-refractivity contribution in [1.82, 2.24) is 4.90 Å². The molecular weight excluding hydrogens is 234 g/mol. The van der Waals surface area contributed by atoms with Crippen molar-refractivity contribution in [1.29, 1.82) is 0 Å². The van der Waals surface area contributed by atoms with Crippen molar-refractivity contribution >= 4 is 17.5 Å². The number of carbonyl (C=O) groups excluding carboxylic acids is 1. The van der Waals surface area contributed by atoms with Gasteiger partial charge in [-0.3, -0.25) is 4.79 Å². The first kappa shape index (κ1) is 13.4. The predicted octanol–water partition coefficient (Wildman–Crippen LogP) is 1.81. The van der Waals surface area contributed by atoms with Crippen LogP contribution in [0.1, 0.15) is 27.7 Å². The summed E-state index contributed by atoms with van der Waals surface area (Å²) in [7, 11) is 0. The van der Waals surface area contributed by atoms with Crippen LogP contribution in [-0.2, 0) is 9.53 Å². The smallest absolute Gasteiger partial charge is 0.171 e. The van der Waals surface area contributed by atoms with Gasteiger partial charge >= 0.3 is 0 Å². The molecular formula is C13H23NO2S. The Labute approximate surface area is 108 Å². The van der Waals surface area contributed by atoms with Gasteiger partial charge in [0, 0.05) is 31.1 Å². The van der Waals surface area contributed by atoms with E-state index in [0.29, 0.717) is 0 Å². The molecule has 2 aliphatic heterocycles. The Balaban J connectivity index is 2.06. The lowest BCUT2D eigenvalue weighted by Gasteiger charge is -2.32. The number of hydrogen-bond donors (Lipinski definition) is 0. The summed E-state index contributed by atoms with van der Waals surface area (Å²) < 4.78 is 5.92. The largest absolute Gasteiger partial charge is 0.361 e. The number of nitrogens with zero attached hydrogens (tertiary/aromatic N) is 1. The van der Waals surface area contributed by atoms with Gasteiger partial charge < -0.3 is 9.64 Å². The van der Waals surface area contributed by atoms with E-state index in [0.717, 1.165) is 19.6 Å². The Hall–Kier alpha value is -0.0600. The SMILES string of the molecule is CC1(C)OC(C)(C)C(CN2CCSCC2)C1=O. The zero-order chi connectivity index (χ0) is 12.7. The molecule has 0 N–H and O–H groups in total. The third kappa shape index (κ3) is 2.69. The van der Waals surface area contributed by atoms with Gasteiger partial charge in [0.15, 0.2) is 5.78 Å². The van der Waals surface area contributed by atoms with Crippen molar-refractivity contribution in [3.05, 3.63) is 0 Å². The minimum absolute atomic E-state index is 0.0144. The van der Waals surface area contributed by atoms with E-state index >= 15 is 0 Å². The van der Waals surface area contributed by atoms with E-state index in [1.54, 1.807) is 0 Å². The number of carbonyl (C=O) groups is 1. The number of thioether (sulfide) groups is 1. The lowest BCUT2D eigenvalue weighted by Crippen LogP contribution is -2.44. The topological polar surface area (TPSA) is 29.5 Å². The van der Waals surface area contributed by atoms with Gasteiger partial charge in [-0.15, -0.1) is 0 Å². The molecule has 2 saturated heterocycles. The third-order valence-corrected chi connectivity index (χ3v) is 4.75. The number of ketones is 1. The summed E-state index contributed by atoms with van der Waals surface area (Å²) in [5.74, 6) is 2.65.